The van der Waals surface area contributed by atoms with Crippen LogP contribution in [0, 0.1) is 0 Å². The largest absolute Gasteiger partial charge is 0.399 e. The van der Waals surface area contributed by atoms with Crippen molar-refractivity contribution in [1.29, 1.82) is 0 Å². The van der Waals surface area contributed by atoms with Crippen LogP contribution in [0.5, 0.6) is 0 Å². The van der Waals surface area contributed by atoms with Gasteiger partial charge in [0.25, 0.3) is 0 Å². The second-order valence-corrected chi connectivity index (χ2v) is 3.94. The van der Waals surface area contributed by atoms with E-state index in [0.29, 0.717) is 5.69 Å². The number of fused-ring (bicyclic) bond motifs is 1. The lowest BCUT2D eigenvalue weighted by atomic mass is 10.2. The monoisotopic (exact) mass is 224 g/mol. The smallest absolute Gasteiger partial charge is 0.0872 e. The predicted molar refractivity (Wildman–Crippen MR) is 69.9 cm³/mol. The summed E-state index contributed by atoms with van der Waals surface area (Å²) in [4.78, 5) is 4.10. The fourth-order valence-electron chi connectivity index (χ4n) is 1.97. The summed E-state index contributed by atoms with van der Waals surface area (Å²) in [5.41, 5.74) is 15.1. The molecule has 0 spiro atoms. The van der Waals surface area contributed by atoms with E-state index >= 15 is 0 Å². The third-order valence-corrected chi connectivity index (χ3v) is 2.81. The first-order valence-electron chi connectivity index (χ1n) is 5.32. The lowest BCUT2D eigenvalue weighted by Gasteiger charge is -2.07. The first kappa shape index (κ1) is 9.72. The Hall–Kier alpha value is -2.49. The molecule has 3 aromatic rings. The highest BCUT2D eigenvalue weighted by Gasteiger charge is 2.05. The van der Waals surface area contributed by atoms with E-state index < -0.39 is 0 Å². The summed E-state index contributed by atoms with van der Waals surface area (Å²) in [5.74, 6) is 0. The molecule has 4 N–H and O–H groups in total. The molecular weight excluding hydrogens is 212 g/mol. The lowest BCUT2D eigenvalue weighted by Crippen LogP contribution is -1.98. The Morgan fingerprint density at radius 1 is 1.06 bits per heavy atom. The van der Waals surface area contributed by atoms with E-state index in [-0.39, 0.29) is 0 Å². The van der Waals surface area contributed by atoms with E-state index in [4.69, 9.17) is 11.5 Å². The molecule has 0 aliphatic rings. The molecule has 0 unspecified atom stereocenters. The highest BCUT2D eigenvalue weighted by atomic mass is 15.0. The van der Waals surface area contributed by atoms with Gasteiger partial charge in [0.15, 0.2) is 0 Å². The van der Waals surface area contributed by atoms with Crippen LogP contribution in [-0.4, -0.2) is 9.55 Å². The van der Waals surface area contributed by atoms with Gasteiger partial charge in [0.2, 0.25) is 0 Å². The molecule has 1 aromatic carbocycles. The van der Waals surface area contributed by atoms with Crippen LogP contribution in [0.1, 0.15) is 0 Å². The SMILES string of the molecule is Nc1ccc2c(ccn2-c2cnccc2N)c1. The Morgan fingerprint density at radius 3 is 2.76 bits per heavy atom. The van der Waals surface area contributed by atoms with Crippen LogP contribution >= 0.6 is 0 Å². The van der Waals surface area contributed by atoms with Crippen molar-refractivity contribution in [1.82, 2.24) is 9.55 Å². The fraction of sp³-hybridized carbons (Fsp3) is 0. The summed E-state index contributed by atoms with van der Waals surface area (Å²) in [6, 6.07) is 9.61. The first-order chi connectivity index (χ1) is 8.25. The summed E-state index contributed by atoms with van der Waals surface area (Å²) in [5, 5.41) is 1.09. The van der Waals surface area contributed by atoms with Crippen molar-refractivity contribution in [3.63, 3.8) is 0 Å². The molecule has 3 rings (SSSR count). The molecule has 17 heavy (non-hydrogen) atoms. The predicted octanol–water partition coefficient (Wildman–Crippen LogP) is 2.19. The minimum absolute atomic E-state index is 0.703. The van der Waals surface area contributed by atoms with E-state index in [0.717, 1.165) is 22.3 Å². The van der Waals surface area contributed by atoms with E-state index in [9.17, 15) is 0 Å². The summed E-state index contributed by atoms with van der Waals surface area (Å²) in [7, 11) is 0. The maximum atomic E-state index is 5.95. The molecule has 0 fully saturated rings. The zero-order valence-electron chi connectivity index (χ0n) is 9.17. The van der Waals surface area contributed by atoms with Gasteiger partial charge in [-0.2, -0.15) is 0 Å². The van der Waals surface area contributed by atoms with Crippen LogP contribution in [0.4, 0.5) is 11.4 Å². The van der Waals surface area contributed by atoms with Crippen molar-refractivity contribution >= 4 is 22.3 Å². The molecule has 0 bridgehead atoms. The van der Waals surface area contributed by atoms with Gasteiger partial charge in [-0.3, -0.25) is 4.98 Å². The molecule has 0 aliphatic carbocycles. The Bertz CT molecular complexity index is 685. The second-order valence-electron chi connectivity index (χ2n) is 3.94. The zero-order chi connectivity index (χ0) is 11.8. The standard InChI is InChI=1S/C13H12N4/c14-10-1-2-12-9(7-10)4-6-17(12)13-8-16-5-3-11(13)15/h1-8H,14H2,(H2,15,16). The van der Waals surface area contributed by atoms with Crippen LogP contribution in [0.15, 0.2) is 48.9 Å². The summed E-state index contributed by atoms with van der Waals surface area (Å²) in [6.45, 7) is 0. The highest BCUT2D eigenvalue weighted by Crippen LogP contribution is 2.24. The molecular formula is C13H12N4. The number of aromatic nitrogens is 2. The summed E-state index contributed by atoms with van der Waals surface area (Å²) < 4.78 is 2.01. The number of nitrogens with two attached hydrogens (primary N) is 2. The average molecular weight is 224 g/mol. The molecule has 2 aromatic heterocycles. The van der Waals surface area contributed by atoms with Gasteiger partial charge >= 0.3 is 0 Å². The number of pyridine rings is 1. The maximum absolute atomic E-state index is 5.95. The van der Waals surface area contributed by atoms with Gasteiger partial charge in [-0.05, 0) is 30.3 Å². The van der Waals surface area contributed by atoms with Crippen LogP contribution in [-0.2, 0) is 0 Å². The van der Waals surface area contributed by atoms with E-state index in [1.807, 2.05) is 35.0 Å². The van der Waals surface area contributed by atoms with E-state index in [1.165, 1.54) is 0 Å². The Morgan fingerprint density at radius 2 is 1.94 bits per heavy atom. The van der Waals surface area contributed by atoms with Gasteiger partial charge in [-0.15, -0.1) is 0 Å². The number of rotatable bonds is 1. The number of benzene rings is 1. The van der Waals surface area contributed by atoms with Gasteiger partial charge in [0.05, 0.1) is 23.1 Å². The number of nitrogens with zero attached hydrogens (tertiary/aromatic N) is 2. The number of anilines is 2. The van der Waals surface area contributed by atoms with E-state index in [2.05, 4.69) is 4.98 Å². The quantitative estimate of drug-likeness (QED) is 0.622. The maximum Gasteiger partial charge on any atom is 0.0872 e. The third-order valence-electron chi connectivity index (χ3n) is 2.81. The normalized spacial score (nSPS) is 10.8. The van der Waals surface area contributed by atoms with Gasteiger partial charge < -0.3 is 16.0 Å². The van der Waals surface area contributed by atoms with Gasteiger partial charge in [0.1, 0.15) is 0 Å². The Kier molecular flexibility index (Phi) is 2.01. The molecule has 0 saturated heterocycles. The van der Waals surface area contributed by atoms with E-state index in [1.54, 1.807) is 18.5 Å². The van der Waals surface area contributed by atoms with Crippen LogP contribution in [0.2, 0.25) is 0 Å². The zero-order valence-corrected chi connectivity index (χ0v) is 9.17. The highest BCUT2D eigenvalue weighted by molar-refractivity contribution is 5.85. The number of nitrogen functional groups attached to an aromatic ring is 2. The number of hydrogen-bond donors (Lipinski definition) is 2. The van der Waals surface area contributed by atoms with Gasteiger partial charge in [-0.1, -0.05) is 0 Å². The molecule has 0 radical (unpaired) electrons. The molecule has 0 amide bonds. The summed E-state index contributed by atoms with van der Waals surface area (Å²) >= 11 is 0. The molecule has 4 nitrogen and oxygen atoms in total. The van der Waals surface area contributed by atoms with Crippen molar-refractivity contribution < 1.29 is 0 Å². The van der Waals surface area contributed by atoms with Crippen molar-refractivity contribution in [3.8, 4) is 5.69 Å². The summed E-state index contributed by atoms with van der Waals surface area (Å²) in [6.07, 6.45) is 5.41. The van der Waals surface area contributed by atoms with Crippen molar-refractivity contribution in [3.05, 3.63) is 48.9 Å². The molecule has 2 heterocycles. The molecule has 0 atom stereocenters. The third kappa shape index (κ3) is 1.50. The van der Waals surface area contributed by atoms with Crippen molar-refractivity contribution in [2.45, 2.75) is 0 Å². The van der Waals surface area contributed by atoms with Crippen molar-refractivity contribution in [2.24, 2.45) is 0 Å². The van der Waals surface area contributed by atoms with Gasteiger partial charge in [-0.25, -0.2) is 0 Å². The average Bonchev–Trinajstić information content (AvgIpc) is 2.72. The van der Waals surface area contributed by atoms with Crippen LogP contribution < -0.4 is 11.5 Å². The minimum atomic E-state index is 0.703. The molecule has 0 aliphatic heterocycles. The topological polar surface area (TPSA) is 69.9 Å². The second kappa shape index (κ2) is 3.52. The Balaban J connectivity index is 2.29. The van der Waals surface area contributed by atoms with Gasteiger partial charge in [0, 0.05) is 23.5 Å². The first-order valence-corrected chi connectivity index (χ1v) is 5.32. The van der Waals surface area contributed by atoms with Crippen LogP contribution in [0.25, 0.3) is 16.6 Å². The Labute approximate surface area is 98.5 Å². The molecule has 84 valence electrons. The molecule has 4 heteroatoms. The van der Waals surface area contributed by atoms with Crippen LogP contribution in [0.3, 0.4) is 0 Å². The molecule has 0 saturated carbocycles. The minimum Gasteiger partial charge on any atom is -0.399 e. The van der Waals surface area contributed by atoms with Crippen molar-refractivity contribution in [2.75, 3.05) is 11.5 Å². The fourth-order valence-corrected chi connectivity index (χ4v) is 1.97. The lowest BCUT2D eigenvalue weighted by molar-refractivity contribution is 1.10. The number of hydrogen-bond acceptors (Lipinski definition) is 3.